The summed E-state index contributed by atoms with van der Waals surface area (Å²) < 4.78 is 1.55. The molecule has 0 saturated carbocycles. The molecular formula is C19H20N4O2S2. The fourth-order valence-corrected chi connectivity index (χ4v) is 4.12. The molecule has 2 N–H and O–H groups in total. The standard InChI is InChI=1S/C19H20N4O2S2/c1-2-12-23-18(25)21-22-19(23)26-13-17(24)20-15-10-6-7-11-16(15)27-14-8-4-3-5-9-14/h3-11H,2,12-13H2,1H3,(H,20,24)(H,21,25). The Kier molecular flexibility index (Phi) is 6.78. The summed E-state index contributed by atoms with van der Waals surface area (Å²) in [6.45, 7) is 2.57. The van der Waals surface area contributed by atoms with Crippen LogP contribution in [0.25, 0.3) is 0 Å². The molecule has 0 aliphatic rings. The molecule has 27 heavy (non-hydrogen) atoms. The van der Waals surface area contributed by atoms with Gasteiger partial charge in [0.15, 0.2) is 5.16 Å². The molecule has 0 saturated heterocycles. The van der Waals surface area contributed by atoms with E-state index in [1.807, 2.05) is 61.5 Å². The molecule has 1 aromatic heterocycles. The van der Waals surface area contributed by atoms with Crippen LogP contribution in [0.1, 0.15) is 13.3 Å². The highest BCUT2D eigenvalue weighted by atomic mass is 32.2. The number of benzene rings is 2. The van der Waals surface area contributed by atoms with Crippen molar-refractivity contribution >= 4 is 35.1 Å². The molecule has 0 atom stereocenters. The Bertz CT molecular complexity index is 954. The van der Waals surface area contributed by atoms with Crippen molar-refractivity contribution in [2.24, 2.45) is 0 Å². The van der Waals surface area contributed by atoms with Crippen LogP contribution in [0, 0.1) is 0 Å². The molecule has 3 rings (SSSR count). The van der Waals surface area contributed by atoms with Crippen LogP contribution in [0.5, 0.6) is 0 Å². The Morgan fingerprint density at radius 2 is 1.89 bits per heavy atom. The molecule has 140 valence electrons. The lowest BCUT2D eigenvalue weighted by Gasteiger charge is -2.10. The third-order valence-electron chi connectivity index (χ3n) is 3.63. The van der Waals surface area contributed by atoms with Crippen LogP contribution in [0.15, 0.2) is 74.3 Å². The highest BCUT2D eigenvalue weighted by Gasteiger charge is 2.12. The second kappa shape index (κ2) is 9.48. The number of carbonyl (C=O) groups excluding carboxylic acids is 1. The minimum absolute atomic E-state index is 0.139. The van der Waals surface area contributed by atoms with E-state index >= 15 is 0 Å². The van der Waals surface area contributed by atoms with Crippen LogP contribution >= 0.6 is 23.5 Å². The molecule has 6 nitrogen and oxygen atoms in total. The summed E-state index contributed by atoms with van der Waals surface area (Å²) in [6, 6.07) is 17.7. The first-order valence-electron chi connectivity index (χ1n) is 8.57. The highest BCUT2D eigenvalue weighted by Crippen LogP contribution is 2.33. The average Bonchev–Trinajstić information content (AvgIpc) is 3.03. The highest BCUT2D eigenvalue weighted by molar-refractivity contribution is 8.00. The predicted octanol–water partition coefficient (Wildman–Crippen LogP) is 3.86. The number of anilines is 1. The molecule has 0 unspecified atom stereocenters. The number of nitrogens with one attached hydrogen (secondary N) is 2. The second-order valence-electron chi connectivity index (χ2n) is 5.71. The number of hydrogen-bond donors (Lipinski definition) is 2. The van der Waals surface area contributed by atoms with E-state index in [0.717, 1.165) is 21.9 Å². The van der Waals surface area contributed by atoms with Crippen molar-refractivity contribution in [1.29, 1.82) is 0 Å². The van der Waals surface area contributed by atoms with Gasteiger partial charge in [0.2, 0.25) is 5.91 Å². The van der Waals surface area contributed by atoms with Gasteiger partial charge < -0.3 is 5.32 Å². The lowest BCUT2D eigenvalue weighted by Crippen LogP contribution is -2.18. The van der Waals surface area contributed by atoms with Crippen LogP contribution in [0.2, 0.25) is 0 Å². The molecule has 3 aromatic rings. The van der Waals surface area contributed by atoms with E-state index in [2.05, 4.69) is 15.5 Å². The Balaban J connectivity index is 1.64. The number of H-pyrrole nitrogens is 1. The van der Waals surface area contributed by atoms with Crippen LogP contribution < -0.4 is 11.0 Å². The number of thioether (sulfide) groups is 1. The monoisotopic (exact) mass is 400 g/mol. The quantitative estimate of drug-likeness (QED) is 0.561. The maximum Gasteiger partial charge on any atom is 0.343 e. The lowest BCUT2D eigenvalue weighted by atomic mass is 10.3. The van der Waals surface area contributed by atoms with Crippen molar-refractivity contribution in [3.63, 3.8) is 0 Å². The Morgan fingerprint density at radius 3 is 2.67 bits per heavy atom. The molecule has 0 fully saturated rings. The fourth-order valence-electron chi connectivity index (χ4n) is 2.43. The first-order chi connectivity index (χ1) is 13.2. The summed E-state index contributed by atoms with van der Waals surface area (Å²) in [7, 11) is 0. The van der Waals surface area contributed by atoms with E-state index in [9.17, 15) is 9.59 Å². The van der Waals surface area contributed by atoms with Gasteiger partial charge >= 0.3 is 5.69 Å². The lowest BCUT2D eigenvalue weighted by molar-refractivity contribution is -0.113. The molecule has 1 heterocycles. The summed E-state index contributed by atoms with van der Waals surface area (Å²) in [5.41, 5.74) is 0.522. The van der Waals surface area contributed by atoms with Crippen molar-refractivity contribution in [2.45, 2.75) is 34.8 Å². The van der Waals surface area contributed by atoms with E-state index in [1.165, 1.54) is 11.8 Å². The van der Waals surface area contributed by atoms with Gasteiger partial charge in [0.05, 0.1) is 11.4 Å². The summed E-state index contributed by atoms with van der Waals surface area (Å²) in [4.78, 5) is 26.2. The summed E-state index contributed by atoms with van der Waals surface area (Å²) in [6.07, 6.45) is 0.823. The third kappa shape index (κ3) is 5.27. The van der Waals surface area contributed by atoms with Gasteiger partial charge in [0, 0.05) is 16.3 Å². The van der Waals surface area contributed by atoms with Gasteiger partial charge in [-0.3, -0.25) is 9.36 Å². The van der Waals surface area contributed by atoms with Gasteiger partial charge in [-0.15, -0.1) is 5.10 Å². The summed E-state index contributed by atoms with van der Waals surface area (Å²) >= 11 is 2.85. The molecule has 8 heteroatoms. The topological polar surface area (TPSA) is 79.8 Å². The number of hydrogen-bond acceptors (Lipinski definition) is 5. The fraction of sp³-hybridized carbons (Fsp3) is 0.211. The third-order valence-corrected chi connectivity index (χ3v) is 5.70. The van der Waals surface area contributed by atoms with Crippen molar-refractivity contribution in [3.05, 3.63) is 65.1 Å². The normalized spacial score (nSPS) is 10.7. The van der Waals surface area contributed by atoms with E-state index in [0.29, 0.717) is 11.7 Å². The predicted molar refractivity (Wildman–Crippen MR) is 109 cm³/mol. The van der Waals surface area contributed by atoms with Crippen LogP contribution in [0.3, 0.4) is 0 Å². The van der Waals surface area contributed by atoms with Crippen LogP contribution in [0.4, 0.5) is 5.69 Å². The Hall–Kier alpha value is -2.45. The van der Waals surface area contributed by atoms with E-state index in [4.69, 9.17) is 0 Å². The Morgan fingerprint density at radius 1 is 1.15 bits per heavy atom. The number of carbonyl (C=O) groups is 1. The van der Waals surface area contributed by atoms with Crippen LogP contribution in [-0.2, 0) is 11.3 Å². The molecule has 0 aliphatic heterocycles. The maximum absolute atomic E-state index is 12.4. The zero-order valence-electron chi connectivity index (χ0n) is 14.8. The van der Waals surface area contributed by atoms with E-state index in [-0.39, 0.29) is 17.3 Å². The average molecular weight is 401 g/mol. The van der Waals surface area contributed by atoms with Gasteiger partial charge in [0.1, 0.15) is 0 Å². The van der Waals surface area contributed by atoms with E-state index < -0.39 is 0 Å². The number of para-hydroxylation sites is 1. The maximum atomic E-state index is 12.4. The van der Waals surface area contributed by atoms with Crippen molar-refractivity contribution in [1.82, 2.24) is 14.8 Å². The molecule has 0 radical (unpaired) electrons. The van der Waals surface area contributed by atoms with Crippen molar-refractivity contribution in [3.8, 4) is 0 Å². The number of rotatable bonds is 8. The number of nitrogens with zero attached hydrogens (tertiary/aromatic N) is 2. The zero-order chi connectivity index (χ0) is 19.1. The summed E-state index contributed by atoms with van der Waals surface area (Å²) in [5, 5.41) is 9.91. The van der Waals surface area contributed by atoms with E-state index in [1.54, 1.807) is 16.3 Å². The Labute approximate surface area is 165 Å². The van der Waals surface area contributed by atoms with Crippen LogP contribution in [-0.4, -0.2) is 26.4 Å². The van der Waals surface area contributed by atoms with Gasteiger partial charge in [-0.05, 0) is 30.7 Å². The molecule has 2 aromatic carbocycles. The molecular weight excluding hydrogens is 380 g/mol. The minimum Gasteiger partial charge on any atom is -0.324 e. The largest absolute Gasteiger partial charge is 0.343 e. The first kappa shape index (κ1) is 19.3. The zero-order valence-corrected chi connectivity index (χ0v) is 16.5. The molecule has 0 bridgehead atoms. The number of aromatic amines is 1. The molecule has 0 aliphatic carbocycles. The summed E-state index contributed by atoms with van der Waals surface area (Å²) in [5.74, 6) is 0.0397. The second-order valence-corrected chi connectivity index (χ2v) is 7.77. The van der Waals surface area contributed by atoms with Crippen molar-refractivity contribution < 1.29 is 4.79 Å². The smallest absolute Gasteiger partial charge is 0.324 e. The van der Waals surface area contributed by atoms with Crippen molar-refractivity contribution in [2.75, 3.05) is 11.1 Å². The minimum atomic E-state index is -0.246. The van der Waals surface area contributed by atoms with Gasteiger partial charge in [0.25, 0.3) is 0 Å². The van der Waals surface area contributed by atoms with Gasteiger partial charge in [-0.25, -0.2) is 9.89 Å². The number of aromatic nitrogens is 3. The van der Waals surface area contributed by atoms with Gasteiger partial charge in [-0.1, -0.05) is 60.8 Å². The van der Waals surface area contributed by atoms with Gasteiger partial charge in [-0.2, -0.15) is 0 Å². The molecule has 1 amide bonds. The first-order valence-corrected chi connectivity index (χ1v) is 10.4. The molecule has 0 spiro atoms. The SMILES string of the molecule is CCCn1c(SCC(=O)Nc2ccccc2Sc2ccccc2)n[nH]c1=O. The number of amides is 1.